The van der Waals surface area contributed by atoms with Crippen LogP contribution in [0.5, 0.6) is 5.75 Å². The normalized spacial score (nSPS) is 12.1. The van der Waals surface area contributed by atoms with Crippen molar-refractivity contribution >= 4 is 34.8 Å². The van der Waals surface area contributed by atoms with Crippen molar-refractivity contribution in [3.8, 4) is 5.75 Å². The number of oxime groups is 1. The molecule has 1 aromatic carbocycles. The van der Waals surface area contributed by atoms with Crippen LogP contribution < -0.4 is 16.4 Å². The van der Waals surface area contributed by atoms with E-state index in [2.05, 4.69) is 20.8 Å². The van der Waals surface area contributed by atoms with Gasteiger partial charge in [0, 0.05) is 11.6 Å². The quantitative estimate of drug-likeness (QED) is 0.200. The molecule has 2 aromatic rings. The number of hydrogen-bond acceptors (Lipinski definition) is 10. The number of ether oxygens (including phenoxy) is 1. The van der Waals surface area contributed by atoms with Gasteiger partial charge in [0.1, 0.15) is 23.0 Å². The number of phenols is 1. The number of phenolic OH excluding ortho intramolecular Hbond substituents is 1. The first kappa shape index (κ1) is 21.2. The smallest absolute Gasteiger partial charge is 0.412 e. The fourth-order valence-corrected chi connectivity index (χ4v) is 2.52. The molecule has 0 spiro atoms. The molecule has 0 aliphatic heterocycles. The number of hydrogen-bond donors (Lipinski definition) is 5. The number of benzene rings is 1. The monoisotopic (exact) mass is 404 g/mol. The van der Waals surface area contributed by atoms with Crippen LogP contribution in [0.2, 0.25) is 0 Å². The average Bonchev–Trinajstić information content (AvgIpc) is 2.63. The van der Waals surface area contributed by atoms with E-state index >= 15 is 0 Å². The molecule has 6 N–H and O–H groups in total. The number of nitrogen functional groups attached to an aromatic ring is 1. The summed E-state index contributed by atoms with van der Waals surface area (Å²) >= 11 is 0. The SMILES string of the molecule is CCOC(=O)Nc1cc(N[C@@H](C)/C(=N/O)c2ccc(O)cc2)c([N+](=O)[O-])c(N)n1. The van der Waals surface area contributed by atoms with Crippen molar-refractivity contribution in [3.05, 3.63) is 46.0 Å². The number of carbonyl (C=O) groups excluding carboxylic acids is 1. The van der Waals surface area contributed by atoms with Gasteiger partial charge in [-0.1, -0.05) is 5.16 Å². The number of nitrogens with zero attached hydrogens (tertiary/aromatic N) is 3. The molecule has 0 radical (unpaired) electrons. The van der Waals surface area contributed by atoms with Gasteiger partial charge >= 0.3 is 11.8 Å². The molecule has 154 valence electrons. The summed E-state index contributed by atoms with van der Waals surface area (Å²) in [6.07, 6.45) is -0.797. The van der Waals surface area contributed by atoms with Crippen LogP contribution in [-0.4, -0.2) is 44.7 Å². The van der Waals surface area contributed by atoms with Crippen LogP contribution in [0.1, 0.15) is 19.4 Å². The number of amides is 1. The fraction of sp³-hybridized carbons (Fsp3) is 0.235. The third kappa shape index (κ3) is 5.22. The number of nitrogens with one attached hydrogen (secondary N) is 2. The van der Waals surface area contributed by atoms with Gasteiger partial charge in [-0.25, -0.2) is 9.78 Å². The summed E-state index contributed by atoms with van der Waals surface area (Å²) < 4.78 is 4.75. The van der Waals surface area contributed by atoms with E-state index in [1.54, 1.807) is 13.8 Å². The van der Waals surface area contributed by atoms with Crippen molar-refractivity contribution in [2.45, 2.75) is 19.9 Å². The Morgan fingerprint density at radius 2 is 2.07 bits per heavy atom. The van der Waals surface area contributed by atoms with Crippen LogP contribution in [0.3, 0.4) is 0 Å². The topological polar surface area (TPSA) is 185 Å². The van der Waals surface area contributed by atoms with E-state index in [1.807, 2.05) is 0 Å². The minimum absolute atomic E-state index is 0.0267. The lowest BCUT2D eigenvalue weighted by molar-refractivity contribution is -0.383. The molecule has 29 heavy (non-hydrogen) atoms. The van der Waals surface area contributed by atoms with Crippen LogP contribution in [0, 0.1) is 10.1 Å². The lowest BCUT2D eigenvalue weighted by Gasteiger charge is -2.18. The number of rotatable bonds is 7. The first-order chi connectivity index (χ1) is 13.8. The molecule has 0 aliphatic carbocycles. The van der Waals surface area contributed by atoms with Crippen molar-refractivity contribution in [1.29, 1.82) is 0 Å². The Balaban J connectivity index is 2.37. The second-order valence-electron chi connectivity index (χ2n) is 5.79. The molecule has 0 fully saturated rings. The maximum Gasteiger partial charge on any atom is 0.412 e. The van der Waals surface area contributed by atoms with Gasteiger partial charge in [0.2, 0.25) is 5.82 Å². The Labute approximate surface area is 165 Å². The highest BCUT2D eigenvalue weighted by Gasteiger charge is 2.25. The Morgan fingerprint density at radius 1 is 1.41 bits per heavy atom. The van der Waals surface area contributed by atoms with Gasteiger partial charge < -0.3 is 26.1 Å². The van der Waals surface area contributed by atoms with Gasteiger partial charge in [-0.2, -0.15) is 0 Å². The Bertz CT molecular complexity index is 931. The molecule has 0 saturated heterocycles. The third-order valence-electron chi connectivity index (χ3n) is 3.76. The van der Waals surface area contributed by atoms with E-state index in [1.165, 1.54) is 30.3 Å². The number of carbonyl (C=O) groups is 1. The standard InChI is InChI=1S/C17H20N6O6/c1-3-29-17(25)21-13-8-12(15(23(27)28)16(18)20-13)19-9(2)14(22-26)10-4-6-11(24)7-5-10/h4-9,24,26H,3H2,1-2H3,(H4,18,19,20,21,25)/b22-14-/t9-/m0/s1. The van der Waals surface area contributed by atoms with Crippen LogP contribution in [0.25, 0.3) is 0 Å². The van der Waals surface area contributed by atoms with E-state index in [9.17, 15) is 25.2 Å². The van der Waals surface area contributed by atoms with E-state index in [4.69, 9.17) is 10.5 Å². The Morgan fingerprint density at radius 3 is 2.62 bits per heavy atom. The van der Waals surface area contributed by atoms with E-state index in [0.29, 0.717) is 5.56 Å². The third-order valence-corrected chi connectivity index (χ3v) is 3.76. The Kier molecular flexibility index (Phi) is 6.74. The fourth-order valence-electron chi connectivity index (χ4n) is 2.52. The zero-order valence-corrected chi connectivity index (χ0v) is 15.6. The summed E-state index contributed by atoms with van der Waals surface area (Å²) in [5, 5.41) is 38.6. The van der Waals surface area contributed by atoms with Crippen molar-refractivity contribution in [2.24, 2.45) is 5.16 Å². The van der Waals surface area contributed by atoms with Crippen LogP contribution in [0.15, 0.2) is 35.5 Å². The van der Waals surface area contributed by atoms with E-state index in [-0.39, 0.29) is 29.6 Å². The molecular weight excluding hydrogens is 384 g/mol. The number of pyridine rings is 1. The number of aromatic nitrogens is 1. The predicted octanol–water partition coefficient (Wildman–Crippen LogP) is 2.52. The summed E-state index contributed by atoms with van der Waals surface area (Å²) in [6.45, 7) is 3.34. The molecule has 1 heterocycles. The van der Waals surface area contributed by atoms with Gasteiger partial charge in [0.05, 0.1) is 17.6 Å². The first-order valence-corrected chi connectivity index (χ1v) is 8.43. The second-order valence-corrected chi connectivity index (χ2v) is 5.79. The largest absolute Gasteiger partial charge is 0.508 e. The molecular formula is C17H20N6O6. The highest BCUT2D eigenvalue weighted by atomic mass is 16.6. The minimum atomic E-state index is -0.797. The minimum Gasteiger partial charge on any atom is -0.508 e. The van der Waals surface area contributed by atoms with Crippen molar-refractivity contribution in [1.82, 2.24) is 4.98 Å². The molecule has 1 amide bonds. The van der Waals surface area contributed by atoms with Gasteiger partial charge in [-0.3, -0.25) is 15.4 Å². The van der Waals surface area contributed by atoms with Crippen LogP contribution in [-0.2, 0) is 4.74 Å². The van der Waals surface area contributed by atoms with Crippen molar-refractivity contribution in [3.63, 3.8) is 0 Å². The highest BCUT2D eigenvalue weighted by Crippen LogP contribution is 2.33. The highest BCUT2D eigenvalue weighted by molar-refractivity contribution is 6.05. The zero-order chi connectivity index (χ0) is 21.6. The lowest BCUT2D eigenvalue weighted by atomic mass is 10.0. The maximum atomic E-state index is 11.6. The lowest BCUT2D eigenvalue weighted by Crippen LogP contribution is -2.28. The molecule has 0 aliphatic rings. The van der Waals surface area contributed by atoms with Gasteiger partial charge in [0.25, 0.3) is 0 Å². The van der Waals surface area contributed by atoms with Crippen molar-refractivity contribution in [2.75, 3.05) is 23.0 Å². The maximum absolute atomic E-state index is 11.6. The summed E-state index contributed by atoms with van der Waals surface area (Å²) in [5.41, 5.74) is 5.75. The van der Waals surface area contributed by atoms with Crippen LogP contribution in [0.4, 0.5) is 27.8 Å². The summed E-state index contributed by atoms with van der Waals surface area (Å²) in [4.78, 5) is 26.1. The van der Waals surface area contributed by atoms with Crippen molar-refractivity contribution < 1.29 is 24.8 Å². The van der Waals surface area contributed by atoms with E-state index < -0.39 is 28.6 Å². The number of nitrogens with two attached hydrogens (primary N) is 1. The summed E-state index contributed by atoms with van der Waals surface area (Å²) in [5.74, 6) is -0.460. The number of anilines is 3. The van der Waals surface area contributed by atoms with Gasteiger partial charge in [-0.05, 0) is 38.1 Å². The van der Waals surface area contributed by atoms with E-state index in [0.717, 1.165) is 0 Å². The Hall–Kier alpha value is -4.09. The molecule has 12 nitrogen and oxygen atoms in total. The molecule has 1 aromatic heterocycles. The van der Waals surface area contributed by atoms with Crippen LogP contribution >= 0.6 is 0 Å². The summed E-state index contributed by atoms with van der Waals surface area (Å²) in [6, 6.07) is 6.34. The molecule has 0 saturated carbocycles. The predicted molar refractivity (Wildman–Crippen MR) is 105 cm³/mol. The first-order valence-electron chi connectivity index (χ1n) is 8.43. The molecule has 2 rings (SSSR count). The van der Waals surface area contributed by atoms with Gasteiger partial charge in [-0.15, -0.1) is 0 Å². The molecule has 1 atom stereocenters. The molecule has 0 unspecified atom stereocenters. The molecule has 0 bridgehead atoms. The second kappa shape index (κ2) is 9.21. The summed E-state index contributed by atoms with van der Waals surface area (Å²) in [7, 11) is 0. The zero-order valence-electron chi connectivity index (χ0n) is 15.6. The number of aromatic hydroxyl groups is 1. The average molecular weight is 404 g/mol. The number of nitro groups is 1. The van der Waals surface area contributed by atoms with Gasteiger partial charge in [0.15, 0.2) is 0 Å². The molecule has 12 heteroatoms.